The van der Waals surface area contributed by atoms with Gasteiger partial charge in [-0.25, -0.2) is 0 Å². The largest absolute Gasteiger partial charge is 0.488 e. The highest BCUT2D eigenvalue weighted by atomic mass is 16.5. The predicted octanol–water partition coefficient (Wildman–Crippen LogP) is 4.39. The first-order chi connectivity index (χ1) is 15.4. The molecule has 0 aliphatic carbocycles. The number of aromatic nitrogens is 1. The molecule has 1 aliphatic heterocycles. The van der Waals surface area contributed by atoms with Gasteiger partial charge in [-0.2, -0.15) is 0 Å². The van der Waals surface area contributed by atoms with E-state index in [-0.39, 0.29) is 17.7 Å². The number of unbranched alkanes of at least 4 members (excludes halogenated alkanes) is 1. The molecule has 0 N–H and O–H groups in total. The number of carbonyl (C=O) groups excluding carboxylic acids is 2. The van der Waals surface area contributed by atoms with E-state index in [0.29, 0.717) is 25.3 Å². The second-order valence-corrected chi connectivity index (χ2v) is 8.77. The molecule has 0 atom stereocenters. The van der Waals surface area contributed by atoms with Crippen molar-refractivity contribution in [3.63, 3.8) is 0 Å². The fourth-order valence-electron chi connectivity index (χ4n) is 4.27. The Morgan fingerprint density at radius 3 is 2.47 bits per heavy atom. The van der Waals surface area contributed by atoms with E-state index in [1.165, 1.54) is 0 Å². The fraction of sp³-hybridized carbons (Fsp3) is 0.500. The van der Waals surface area contributed by atoms with Crippen molar-refractivity contribution in [2.75, 3.05) is 26.7 Å². The lowest BCUT2D eigenvalue weighted by molar-refractivity contribution is -0.135. The molecule has 2 heterocycles. The number of likely N-dealkylation sites (tertiary alicyclic amines) is 1. The highest BCUT2D eigenvalue weighted by Crippen LogP contribution is 2.28. The summed E-state index contributed by atoms with van der Waals surface area (Å²) in [7, 11) is 1.89. The van der Waals surface area contributed by atoms with Crippen LogP contribution < -0.4 is 4.74 Å². The molecule has 2 amide bonds. The molecule has 6 heteroatoms. The first-order valence-electron chi connectivity index (χ1n) is 11.6. The van der Waals surface area contributed by atoms with Crippen LogP contribution in [0.25, 0.3) is 0 Å². The molecule has 1 aromatic carbocycles. The Hall–Kier alpha value is -2.89. The highest BCUT2D eigenvalue weighted by molar-refractivity contribution is 5.95. The van der Waals surface area contributed by atoms with E-state index in [1.54, 1.807) is 12.4 Å². The number of carbonyl (C=O) groups is 2. The molecule has 2 aromatic rings. The molecular weight excluding hydrogens is 402 g/mol. The third-order valence-corrected chi connectivity index (χ3v) is 6.17. The third-order valence-electron chi connectivity index (χ3n) is 6.17. The molecule has 0 unspecified atom stereocenters. The Labute approximate surface area is 191 Å². The monoisotopic (exact) mass is 437 g/mol. The molecule has 0 radical (unpaired) electrons. The van der Waals surface area contributed by atoms with Crippen molar-refractivity contribution in [3.8, 4) is 5.75 Å². The van der Waals surface area contributed by atoms with E-state index in [9.17, 15) is 9.59 Å². The number of rotatable bonds is 8. The lowest BCUT2D eigenvalue weighted by Crippen LogP contribution is -2.43. The van der Waals surface area contributed by atoms with Crippen LogP contribution in [0, 0.1) is 19.8 Å². The number of amides is 2. The van der Waals surface area contributed by atoms with Gasteiger partial charge in [-0.3, -0.25) is 14.6 Å². The number of hydrogen-bond donors (Lipinski definition) is 0. The van der Waals surface area contributed by atoms with Gasteiger partial charge in [0.1, 0.15) is 12.4 Å². The lowest BCUT2D eigenvalue weighted by atomic mass is 9.94. The predicted molar refractivity (Wildman–Crippen MR) is 126 cm³/mol. The molecule has 1 aliphatic rings. The van der Waals surface area contributed by atoms with E-state index in [0.717, 1.165) is 54.7 Å². The molecule has 0 spiro atoms. The maximum Gasteiger partial charge on any atom is 0.253 e. The normalized spacial score (nSPS) is 14.3. The summed E-state index contributed by atoms with van der Waals surface area (Å²) >= 11 is 0. The number of aryl methyl sites for hydroxylation is 2. The van der Waals surface area contributed by atoms with Crippen molar-refractivity contribution < 1.29 is 14.3 Å². The number of nitrogens with zero attached hydrogens (tertiary/aromatic N) is 3. The Balaban J connectivity index is 1.59. The summed E-state index contributed by atoms with van der Waals surface area (Å²) in [6.07, 6.45) is 7.09. The molecule has 32 heavy (non-hydrogen) atoms. The van der Waals surface area contributed by atoms with Crippen LogP contribution in [0.3, 0.4) is 0 Å². The van der Waals surface area contributed by atoms with Crippen LogP contribution in [0.5, 0.6) is 5.75 Å². The quantitative estimate of drug-likeness (QED) is 0.615. The van der Waals surface area contributed by atoms with Gasteiger partial charge in [-0.05, 0) is 62.4 Å². The van der Waals surface area contributed by atoms with Crippen LogP contribution in [0.4, 0.5) is 0 Å². The molecule has 0 bridgehead atoms. The van der Waals surface area contributed by atoms with Gasteiger partial charge in [-0.15, -0.1) is 0 Å². The minimum atomic E-state index is 0.0210. The van der Waals surface area contributed by atoms with Crippen LogP contribution in [0.2, 0.25) is 0 Å². The van der Waals surface area contributed by atoms with E-state index in [4.69, 9.17) is 4.74 Å². The third kappa shape index (κ3) is 5.87. The van der Waals surface area contributed by atoms with E-state index in [1.807, 2.05) is 55.0 Å². The molecule has 1 fully saturated rings. The van der Waals surface area contributed by atoms with Crippen LogP contribution in [0.1, 0.15) is 59.7 Å². The second-order valence-electron chi connectivity index (χ2n) is 8.77. The van der Waals surface area contributed by atoms with Gasteiger partial charge in [0.05, 0.1) is 0 Å². The van der Waals surface area contributed by atoms with Gasteiger partial charge in [0.2, 0.25) is 5.91 Å². The van der Waals surface area contributed by atoms with Crippen LogP contribution in [-0.4, -0.2) is 53.3 Å². The smallest absolute Gasteiger partial charge is 0.253 e. The first kappa shape index (κ1) is 23.8. The minimum Gasteiger partial charge on any atom is -0.488 e. The summed E-state index contributed by atoms with van der Waals surface area (Å²) in [5.74, 6) is 1.07. The van der Waals surface area contributed by atoms with E-state index >= 15 is 0 Å². The standard InChI is InChI=1S/C26H35N3O3/c1-5-6-12-28(4)25(30)22-9-13-29(14-10-22)26(31)23-15-19(2)24(20(3)16-23)32-18-21-8-7-11-27-17-21/h7-8,11,15-17,22H,5-6,9-10,12-14,18H2,1-4H3. The average molecular weight is 438 g/mol. The number of ether oxygens (including phenoxy) is 1. The molecular formula is C26H35N3O3. The summed E-state index contributed by atoms with van der Waals surface area (Å²) in [5.41, 5.74) is 3.57. The molecule has 1 aromatic heterocycles. The number of pyridine rings is 1. The number of piperidine rings is 1. The van der Waals surface area contributed by atoms with Gasteiger partial charge in [0.15, 0.2) is 0 Å². The Morgan fingerprint density at radius 1 is 1.19 bits per heavy atom. The number of benzene rings is 1. The van der Waals surface area contributed by atoms with Crippen molar-refractivity contribution in [3.05, 3.63) is 58.9 Å². The summed E-state index contributed by atoms with van der Waals surface area (Å²) in [6, 6.07) is 7.68. The minimum absolute atomic E-state index is 0.0210. The molecule has 1 saturated heterocycles. The van der Waals surface area contributed by atoms with Crippen molar-refractivity contribution in [2.45, 2.75) is 53.1 Å². The molecule has 6 nitrogen and oxygen atoms in total. The first-order valence-corrected chi connectivity index (χ1v) is 11.6. The Morgan fingerprint density at radius 2 is 1.88 bits per heavy atom. The zero-order chi connectivity index (χ0) is 23.1. The Kier molecular flexibility index (Phi) is 8.26. The fourth-order valence-corrected chi connectivity index (χ4v) is 4.27. The average Bonchev–Trinajstić information content (AvgIpc) is 2.81. The summed E-state index contributed by atoms with van der Waals surface area (Å²) < 4.78 is 6.02. The van der Waals surface area contributed by atoms with Crippen LogP contribution >= 0.6 is 0 Å². The van der Waals surface area contributed by atoms with Crippen molar-refractivity contribution in [1.82, 2.24) is 14.8 Å². The topological polar surface area (TPSA) is 62.7 Å². The summed E-state index contributed by atoms with van der Waals surface area (Å²) in [4.78, 5) is 33.6. The molecule has 3 rings (SSSR count). The molecule has 172 valence electrons. The maximum absolute atomic E-state index is 13.1. The zero-order valence-corrected chi connectivity index (χ0v) is 19.8. The van der Waals surface area contributed by atoms with Crippen LogP contribution in [-0.2, 0) is 11.4 Å². The summed E-state index contributed by atoms with van der Waals surface area (Å²) in [6.45, 7) is 8.56. The number of hydrogen-bond acceptors (Lipinski definition) is 4. The second kappa shape index (κ2) is 11.1. The van der Waals surface area contributed by atoms with E-state index < -0.39 is 0 Å². The van der Waals surface area contributed by atoms with Crippen molar-refractivity contribution >= 4 is 11.8 Å². The van der Waals surface area contributed by atoms with Crippen molar-refractivity contribution in [2.24, 2.45) is 5.92 Å². The molecule has 0 saturated carbocycles. The Bertz CT molecular complexity index is 898. The SMILES string of the molecule is CCCCN(C)C(=O)C1CCN(C(=O)c2cc(C)c(OCc3cccnc3)c(C)c2)CC1. The summed E-state index contributed by atoms with van der Waals surface area (Å²) in [5, 5.41) is 0. The van der Waals surface area contributed by atoms with Crippen molar-refractivity contribution in [1.29, 1.82) is 0 Å². The van der Waals surface area contributed by atoms with Crippen LogP contribution in [0.15, 0.2) is 36.7 Å². The zero-order valence-electron chi connectivity index (χ0n) is 19.8. The van der Waals surface area contributed by atoms with Gasteiger partial charge >= 0.3 is 0 Å². The van der Waals surface area contributed by atoms with Gasteiger partial charge in [-0.1, -0.05) is 19.4 Å². The lowest BCUT2D eigenvalue weighted by Gasteiger charge is -2.33. The highest BCUT2D eigenvalue weighted by Gasteiger charge is 2.29. The van der Waals surface area contributed by atoms with Gasteiger partial charge < -0.3 is 14.5 Å². The van der Waals surface area contributed by atoms with Gasteiger partial charge in [0, 0.05) is 56.1 Å². The van der Waals surface area contributed by atoms with Gasteiger partial charge in [0.25, 0.3) is 5.91 Å². The maximum atomic E-state index is 13.1. The van der Waals surface area contributed by atoms with E-state index in [2.05, 4.69) is 11.9 Å².